The number of hydrogen-bond donors (Lipinski definition) is 1. The van der Waals surface area contributed by atoms with Crippen LogP contribution in [0.1, 0.15) is 48.7 Å². The number of nitriles is 1. The standard InChI is InChI=1S/C20H24N6O/c1-3-7-26-12(2)15(10-23-26)18-14(9-21)19(22)24-17-6-8-25(11-16(17)18)20(27)13-4-5-13/h10,13H,3-8,11H2,1-2H3,(H2,22,24). The molecule has 27 heavy (non-hydrogen) atoms. The number of aryl methyl sites for hydroxylation is 1. The van der Waals surface area contributed by atoms with Crippen LogP contribution in [0.4, 0.5) is 5.82 Å². The first-order valence-electron chi connectivity index (χ1n) is 9.58. The first-order chi connectivity index (χ1) is 13.0. The quantitative estimate of drug-likeness (QED) is 0.898. The first-order valence-corrected chi connectivity index (χ1v) is 9.58. The summed E-state index contributed by atoms with van der Waals surface area (Å²) in [5, 5.41) is 14.3. The molecule has 4 rings (SSSR count). The largest absolute Gasteiger partial charge is 0.383 e. The normalized spacial score (nSPS) is 16.1. The van der Waals surface area contributed by atoms with Crippen molar-refractivity contribution in [2.45, 2.75) is 52.6 Å². The highest BCUT2D eigenvalue weighted by Crippen LogP contribution is 2.38. The van der Waals surface area contributed by atoms with Gasteiger partial charge in [0, 0.05) is 54.4 Å². The molecule has 1 amide bonds. The van der Waals surface area contributed by atoms with Crippen LogP contribution in [0.5, 0.6) is 0 Å². The third-order valence-corrected chi connectivity index (χ3v) is 5.54. The molecule has 2 N–H and O–H groups in total. The Bertz CT molecular complexity index is 950. The zero-order valence-electron chi connectivity index (χ0n) is 15.8. The Hall–Kier alpha value is -2.88. The smallest absolute Gasteiger partial charge is 0.225 e. The number of pyridine rings is 1. The molecule has 0 aromatic carbocycles. The lowest BCUT2D eigenvalue weighted by Crippen LogP contribution is -2.37. The molecule has 140 valence electrons. The lowest BCUT2D eigenvalue weighted by molar-refractivity contribution is -0.133. The van der Waals surface area contributed by atoms with Crippen molar-refractivity contribution < 1.29 is 4.79 Å². The number of nitrogens with zero attached hydrogens (tertiary/aromatic N) is 5. The number of nitrogen functional groups attached to an aromatic ring is 1. The molecule has 7 nitrogen and oxygen atoms in total. The van der Waals surface area contributed by atoms with Crippen LogP contribution >= 0.6 is 0 Å². The maximum absolute atomic E-state index is 12.6. The Balaban J connectivity index is 1.84. The maximum Gasteiger partial charge on any atom is 0.225 e. The number of hydrogen-bond acceptors (Lipinski definition) is 5. The Kier molecular flexibility index (Phi) is 4.34. The van der Waals surface area contributed by atoms with E-state index in [0.29, 0.717) is 25.1 Å². The fourth-order valence-corrected chi connectivity index (χ4v) is 3.90. The second-order valence-corrected chi connectivity index (χ2v) is 7.43. The molecule has 0 saturated heterocycles. The van der Waals surface area contributed by atoms with Gasteiger partial charge in [-0.25, -0.2) is 4.98 Å². The SMILES string of the molecule is CCCn1ncc(-c2c(C#N)c(N)nc3c2CN(C(=O)C2CC2)CC3)c1C. The summed E-state index contributed by atoms with van der Waals surface area (Å²) in [6.07, 6.45) is 5.43. The number of nitrogens with two attached hydrogens (primary N) is 1. The highest BCUT2D eigenvalue weighted by molar-refractivity contribution is 5.84. The zero-order chi connectivity index (χ0) is 19.1. The topological polar surface area (TPSA) is 101 Å². The number of carbonyl (C=O) groups excluding carboxylic acids is 1. The summed E-state index contributed by atoms with van der Waals surface area (Å²) < 4.78 is 1.95. The average molecular weight is 364 g/mol. The van der Waals surface area contributed by atoms with E-state index in [1.54, 1.807) is 0 Å². The molecule has 1 aliphatic carbocycles. The number of aromatic nitrogens is 3. The van der Waals surface area contributed by atoms with Crippen LogP contribution in [-0.4, -0.2) is 32.1 Å². The van der Waals surface area contributed by atoms with Crippen molar-refractivity contribution in [2.24, 2.45) is 5.92 Å². The predicted octanol–water partition coefficient (Wildman–Crippen LogP) is 2.41. The third kappa shape index (κ3) is 2.95. The highest BCUT2D eigenvalue weighted by atomic mass is 16.2. The number of rotatable bonds is 4. The monoisotopic (exact) mass is 364 g/mol. The van der Waals surface area contributed by atoms with Gasteiger partial charge in [0.15, 0.2) is 0 Å². The molecule has 1 aliphatic heterocycles. The summed E-state index contributed by atoms with van der Waals surface area (Å²) in [6.45, 7) is 6.09. The molecular formula is C20H24N6O. The Morgan fingerprint density at radius 1 is 1.44 bits per heavy atom. The van der Waals surface area contributed by atoms with Gasteiger partial charge in [-0.2, -0.15) is 10.4 Å². The van der Waals surface area contributed by atoms with E-state index in [1.165, 1.54) is 0 Å². The van der Waals surface area contributed by atoms with E-state index in [2.05, 4.69) is 23.1 Å². The van der Waals surface area contributed by atoms with Crippen LogP contribution in [0.2, 0.25) is 0 Å². The molecule has 0 radical (unpaired) electrons. The van der Waals surface area contributed by atoms with E-state index in [-0.39, 0.29) is 17.6 Å². The number of fused-ring (bicyclic) bond motifs is 1. The number of amides is 1. The summed E-state index contributed by atoms with van der Waals surface area (Å²) in [6, 6.07) is 2.23. The van der Waals surface area contributed by atoms with Gasteiger partial charge >= 0.3 is 0 Å². The van der Waals surface area contributed by atoms with E-state index in [9.17, 15) is 10.1 Å². The Morgan fingerprint density at radius 2 is 2.22 bits per heavy atom. The van der Waals surface area contributed by atoms with E-state index < -0.39 is 0 Å². The van der Waals surface area contributed by atoms with Gasteiger partial charge in [-0.3, -0.25) is 9.48 Å². The maximum atomic E-state index is 12.6. The minimum absolute atomic E-state index is 0.182. The lowest BCUT2D eigenvalue weighted by Gasteiger charge is -2.30. The van der Waals surface area contributed by atoms with Crippen molar-refractivity contribution in [3.63, 3.8) is 0 Å². The Morgan fingerprint density at radius 3 is 2.89 bits per heavy atom. The van der Waals surface area contributed by atoms with Gasteiger partial charge in [0.2, 0.25) is 5.91 Å². The molecule has 7 heteroatoms. The minimum atomic E-state index is 0.182. The fraction of sp³-hybridized carbons (Fsp3) is 0.500. The van der Waals surface area contributed by atoms with Crippen LogP contribution < -0.4 is 5.73 Å². The van der Waals surface area contributed by atoms with Crippen LogP contribution in [-0.2, 0) is 24.3 Å². The number of carbonyl (C=O) groups is 1. The van der Waals surface area contributed by atoms with E-state index in [1.807, 2.05) is 22.7 Å². The molecule has 2 aliphatic rings. The number of anilines is 1. The van der Waals surface area contributed by atoms with Crippen molar-refractivity contribution in [1.29, 1.82) is 5.26 Å². The van der Waals surface area contributed by atoms with Gasteiger partial charge in [0.25, 0.3) is 0 Å². The van der Waals surface area contributed by atoms with E-state index in [0.717, 1.165) is 53.9 Å². The van der Waals surface area contributed by atoms with Gasteiger partial charge in [-0.1, -0.05) is 6.92 Å². The van der Waals surface area contributed by atoms with Crippen LogP contribution in [0.15, 0.2) is 6.20 Å². The average Bonchev–Trinajstić information content (AvgIpc) is 3.45. The Labute approximate surface area is 158 Å². The summed E-state index contributed by atoms with van der Waals surface area (Å²) in [4.78, 5) is 19.0. The van der Waals surface area contributed by atoms with Crippen molar-refractivity contribution in [3.8, 4) is 17.2 Å². The summed E-state index contributed by atoms with van der Waals surface area (Å²) in [5.41, 5.74) is 11.1. The fourth-order valence-electron chi connectivity index (χ4n) is 3.90. The van der Waals surface area contributed by atoms with Gasteiger partial charge in [-0.05, 0) is 26.2 Å². The van der Waals surface area contributed by atoms with Gasteiger partial charge in [0.1, 0.15) is 17.5 Å². The van der Waals surface area contributed by atoms with Crippen LogP contribution in [0.25, 0.3) is 11.1 Å². The molecule has 1 fully saturated rings. The second-order valence-electron chi connectivity index (χ2n) is 7.43. The molecule has 0 unspecified atom stereocenters. The molecule has 3 heterocycles. The molecule has 2 aromatic heterocycles. The summed E-state index contributed by atoms with van der Waals surface area (Å²) in [5.74, 6) is 0.664. The third-order valence-electron chi connectivity index (χ3n) is 5.54. The van der Waals surface area contributed by atoms with E-state index in [4.69, 9.17) is 5.73 Å². The molecular weight excluding hydrogens is 340 g/mol. The molecule has 2 aromatic rings. The minimum Gasteiger partial charge on any atom is -0.383 e. The first kappa shape index (κ1) is 17.5. The predicted molar refractivity (Wildman–Crippen MR) is 101 cm³/mol. The van der Waals surface area contributed by atoms with Crippen molar-refractivity contribution in [3.05, 3.63) is 28.7 Å². The lowest BCUT2D eigenvalue weighted by atomic mass is 9.91. The second kappa shape index (κ2) is 6.69. The zero-order valence-corrected chi connectivity index (χ0v) is 15.8. The molecule has 0 atom stereocenters. The van der Waals surface area contributed by atoms with Gasteiger partial charge in [0.05, 0.1) is 11.9 Å². The van der Waals surface area contributed by atoms with Crippen LogP contribution in [0.3, 0.4) is 0 Å². The molecule has 0 spiro atoms. The summed E-state index contributed by atoms with van der Waals surface area (Å²) >= 11 is 0. The summed E-state index contributed by atoms with van der Waals surface area (Å²) in [7, 11) is 0. The van der Waals surface area contributed by atoms with Crippen molar-refractivity contribution >= 4 is 11.7 Å². The van der Waals surface area contributed by atoms with Crippen molar-refractivity contribution in [2.75, 3.05) is 12.3 Å². The van der Waals surface area contributed by atoms with Gasteiger partial charge < -0.3 is 10.6 Å². The van der Waals surface area contributed by atoms with Crippen molar-refractivity contribution in [1.82, 2.24) is 19.7 Å². The van der Waals surface area contributed by atoms with E-state index >= 15 is 0 Å². The van der Waals surface area contributed by atoms with Crippen LogP contribution in [0, 0.1) is 24.2 Å². The highest BCUT2D eigenvalue weighted by Gasteiger charge is 2.36. The van der Waals surface area contributed by atoms with Gasteiger partial charge in [-0.15, -0.1) is 0 Å². The molecule has 1 saturated carbocycles. The molecule has 0 bridgehead atoms.